The van der Waals surface area contributed by atoms with E-state index in [0.717, 1.165) is 55.5 Å². The SMILES string of the molecule is CC1(COc2ccc3cnc(NC4CCC(O)CC4)nc3c2)COC1. The number of ether oxygens (including phenoxy) is 2. The zero-order chi connectivity index (χ0) is 17.3. The van der Waals surface area contributed by atoms with Gasteiger partial charge in [0.2, 0.25) is 5.95 Å². The highest BCUT2D eigenvalue weighted by Crippen LogP contribution is 2.28. The minimum absolute atomic E-state index is 0.124. The average molecular weight is 343 g/mol. The normalized spacial score (nSPS) is 25.4. The molecule has 2 N–H and O–H groups in total. The van der Waals surface area contributed by atoms with Gasteiger partial charge in [-0.3, -0.25) is 0 Å². The van der Waals surface area contributed by atoms with E-state index in [9.17, 15) is 5.11 Å². The molecule has 25 heavy (non-hydrogen) atoms. The molecule has 1 aliphatic heterocycles. The number of aliphatic hydroxyl groups is 1. The number of benzene rings is 1. The Morgan fingerprint density at radius 2 is 2.08 bits per heavy atom. The van der Waals surface area contributed by atoms with Crippen molar-refractivity contribution in [2.24, 2.45) is 5.41 Å². The summed E-state index contributed by atoms with van der Waals surface area (Å²) < 4.78 is 11.2. The number of fused-ring (bicyclic) bond motifs is 1. The minimum Gasteiger partial charge on any atom is -0.493 e. The number of aliphatic hydroxyl groups excluding tert-OH is 1. The van der Waals surface area contributed by atoms with Crippen molar-refractivity contribution in [3.8, 4) is 5.75 Å². The molecule has 0 unspecified atom stereocenters. The predicted molar refractivity (Wildman–Crippen MR) is 95.8 cm³/mol. The summed E-state index contributed by atoms with van der Waals surface area (Å²) in [4.78, 5) is 9.05. The van der Waals surface area contributed by atoms with Gasteiger partial charge in [0, 0.05) is 29.1 Å². The lowest BCUT2D eigenvalue weighted by molar-refractivity contribution is -0.120. The lowest BCUT2D eigenvalue weighted by atomic mass is 9.90. The van der Waals surface area contributed by atoms with Gasteiger partial charge in [-0.2, -0.15) is 0 Å². The molecule has 1 aromatic carbocycles. The Bertz CT molecular complexity index is 740. The van der Waals surface area contributed by atoms with Crippen molar-refractivity contribution in [1.29, 1.82) is 0 Å². The minimum atomic E-state index is -0.154. The Kier molecular flexibility index (Phi) is 4.48. The maximum Gasteiger partial charge on any atom is 0.223 e. The topological polar surface area (TPSA) is 76.5 Å². The maximum atomic E-state index is 9.61. The van der Waals surface area contributed by atoms with Crippen molar-refractivity contribution in [1.82, 2.24) is 9.97 Å². The number of anilines is 1. The first-order valence-corrected chi connectivity index (χ1v) is 9.02. The van der Waals surface area contributed by atoms with Crippen molar-refractivity contribution in [2.75, 3.05) is 25.1 Å². The molecule has 1 saturated heterocycles. The van der Waals surface area contributed by atoms with E-state index in [1.165, 1.54) is 0 Å². The Labute approximate surface area is 147 Å². The van der Waals surface area contributed by atoms with E-state index in [-0.39, 0.29) is 11.5 Å². The van der Waals surface area contributed by atoms with Crippen LogP contribution in [0.4, 0.5) is 5.95 Å². The molecule has 1 saturated carbocycles. The fraction of sp³-hybridized carbons (Fsp3) is 0.579. The third-order valence-corrected chi connectivity index (χ3v) is 5.07. The average Bonchev–Trinajstić information content (AvgIpc) is 2.60. The van der Waals surface area contributed by atoms with E-state index in [1.54, 1.807) is 0 Å². The molecule has 6 nitrogen and oxygen atoms in total. The summed E-state index contributed by atoms with van der Waals surface area (Å²) >= 11 is 0. The number of hydrogen-bond donors (Lipinski definition) is 2. The van der Waals surface area contributed by atoms with E-state index >= 15 is 0 Å². The van der Waals surface area contributed by atoms with Gasteiger partial charge in [0.05, 0.1) is 31.4 Å². The van der Waals surface area contributed by atoms with Crippen LogP contribution in [0, 0.1) is 5.41 Å². The fourth-order valence-electron chi connectivity index (χ4n) is 3.36. The van der Waals surface area contributed by atoms with Gasteiger partial charge in [0.15, 0.2) is 0 Å². The van der Waals surface area contributed by atoms with Gasteiger partial charge in [-0.25, -0.2) is 9.97 Å². The zero-order valence-corrected chi connectivity index (χ0v) is 14.6. The molecule has 0 atom stereocenters. The number of hydrogen-bond acceptors (Lipinski definition) is 6. The monoisotopic (exact) mass is 343 g/mol. The molecule has 2 fully saturated rings. The van der Waals surface area contributed by atoms with E-state index in [2.05, 4.69) is 22.2 Å². The van der Waals surface area contributed by atoms with E-state index in [4.69, 9.17) is 9.47 Å². The maximum absolute atomic E-state index is 9.61. The van der Waals surface area contributed by atoms with Gasteiger partial charge in [0.25, 0.3) is 0 Å². The molecule has 134 valence electrons. The Morgan fingerprint density at radius 1 is 1.28 bits per heavy atom. The zero-order valence-electron chi connectivity index (χ0n) is 14.6. The molecule has 6 heteroatoms. The highest BCUT2D eigenvalue weighted by molar-refractivity contribution is 5.80. The van der Waals surface area contributed by atoms with Crippen LogP contribution < -0.4 is 10.1 Å². The molecular formula is C19H25N3O3. The number of aromatic nitrogens is 2. The van der Waals surface area contributed by atoms with Gasteiger partial charge in [0.1, 0.15) is 5.75 Å². The summed E-state index contributed by atoms with van der Waals surface area (Å²) in [5, 5.41) is 14.0. The third-order valence-electron chi connectivity index (χ3n) is 5.07. The summed E-state index contributed by atoms with van der Waals surface area (Å²) in [6, 6.07) is 6.25. The standard InChI is InChI=1S/C19H25N3O3/c1-19(10-24-11-19)12-25-16-7-2-13-9-20-18(22-17(13)8-16)21-14-3-5-15(23)6-4-14/h2,7-9,14-15,23H,3-6,10-12H2,1H3,(H,20,21,22). The van der Waals surface area contributed by atoms with Crippen LogP contribution in [0.2, 0.25) is 0 Å². The quantitative estimate of drug-likeness (QED) is 0.869. The second-order valence-electron chi connectivity index (χ2n) is 7.66. The molecule has 1 aliphatic carbocycles. The van der Waals surface area contributed by atoms with Crippen molar-refractivity contribution in [3.05, 3.63) is 24.4 Å². The van der Waals surface area contributed by atoms with E-state index in [1.807, 2.05) is 24.4 Å². The van der Waals surface area contributed by atoms with Gasteiger partial charge >= 0.3 is 0 Å². The highest BCUT2D eigenvalue weighted by atomic mass is 16.5. The van der Waals surface area contributed by atoms with Gasteiger partial charge in [-0.15, -0.1) is 0 Å². The van der Waals surface area contributed by atoms with Crippen molar-refractivity contribution in [3.63, 3.8) is 0 Å². The van der Waals surface area contributed by atoms with Gasteiger partial charge in [-0.05, 0) is 37.8 Å². The second kappa shape index (κ2) is 6.77. The highest BCUT2D eigenvalue weighted by Gasteiger charge is 2.34. The van der Waals surface area contributed by atoms with Crippen LogP contribution in [0.3, 0.4) is 0 Å². The summed E-state index contributed by atoms with van der Waals surface area (Å²) in [5.41, 5.74) is 1.000. The van der Waals surface area contributed by atoms with Crippen LogP contribution in [-0.4, -0.2) is 47.0 Å². The summed E-state index contributed by atoms with van der Waals surface area (Å²) in [6.45, 7) is 4.34. The van der Waals surface area contributed by atoms with Crippen LogP contribution >= 0.6 is 0 Å². The van der Waals surface area contributed by atoms with Crippen molar-refractivity contribution < 1.29 is 14.6 Å². The van der Waals surface area contributed by atoms with Crippen LogP contribution in [-0.2, 0) is 4.74 Å². The van der Waals surface area contributed by atoms with Crippen LogP contribution in [0.25, 0.3) is 10.9 Å². The molecule has 2 heterocycles. The largest absolute Gasteiger partial charge is 0.493 e. The number of nitrogens with zero attached hydrogens (tertiary/aromatic N) is 2. The fourth-order valence-corrected chi connectivity index (χ4v) is 3.36. The third kappa shape index (κ3) is 3.85. The molecule has 2 aliphatic rings. The van der Waals surface area contributed by atoms with Crippen LogP contribution in [0.15, 0.2) is 24.4 Å². The summed E-state index contributed by atoms with van der Waals surface area (Å²) in [6.07, 6.45) is 5.27. The summed E-state index contributed by atoms with van der Waals surface area (Å²) in [5.74, 6) is 1.47. The first-order valence-electron chi connectivity index (χ1n) is 9.02. The molecule has 0 amide bonds. The Hall–Kier alpha value is -1.92. The number of nitrogens with one attached hydrogen (secondary N) is 1. The lowest BCUT2D eigenvalue weighted by Crippen LogP contribution is -2.44. The smallest absolute Gasteiger partial charge is 0.223 e. The first-order chi connectivity index (χ1) is 12.1. The second-order valence-corrected chi connectivity index (χ2v) is 7.66. The Balaban J connectivity index is 1.44. The van der Waals surface area contributed by atoms with E-state index in [0.29, 0.717) is 18.6 Å². The lowest BCUT2D eigenvalue weighted by Gasteiger charge is -2.37. The van der Waals surface area contributed by atoms with E-state index < -0.39 is 0 Å². The van der Waals surface area contributed by atoms with Gasteiger partial charge in [-0.1, -0.05) is 6.92 Å². The van der Waals surface area contributed by atoms with Crippen LogP contribution in [0.1, 0.15) is 32.6 Å². The van der Waals surface area contributed by atoms with Crippen LogP contribution in [0.5, 0.6) is 5.75 Å². The van der Waals surface area contributed by atoms with Gasteiger partial charge < -0.3 is 19.9 Å². The molecular weight excluding hydrogens is 318 g/mol. The Morgan fingerprint density at radius 3 is 2.80 bits per heavy atom. The summed E-state index contributed by atoms with van der Waals surface area (Å²) in [7, 11) is 0. The first kappa shape index (κ1) is 16.5. The number of rotatable bonds is 5. The molecule has 0 radical (unpaired) electrons. The molecule has 1 aromatic heterocycles. The van der Waals surface area contributed by atoms with Crippen molar-refractivity contribution in [2.45, 2.75) is 44.8 Å². The molecule has 0 spiro atoms. The molecule has 0 bridgehead atoms. The molecule has 4 rings (SSSR count). The van der Waals surface area contributed by atoms with Crippen molar-refractivity contribution >= 4 is 16.9 Å². The molecule has 2 aromatic rings. The predicted octanol–water partition coefficient (Wildman–Crippen LogP) is 2.76.